The Morgan fingerprint density at radius 2 is 1.45 bits per heavy atom. The molecular formula is C34H39N3O5. The molecule has 2 aromatic rings. The number of fused-ring (bicyclic) bond motifs is 2. The fraction of sp³-hybridized carbons (Fsp3) is 0.441. The van der Waals surface area contributed by atoms with Crippen LogP contribution in [0.25, 0.3) is 0 Å². The maximum atomic E-state index is 14.6. The summed E-state index contributed by atoms with van der Waals surface area (Å²) in [7, 11) is 0. The first-order chi connectivity index (χ1) is 20.3. The first-order valence-corrected chi connectivity index (χ1v) is 14.9. The zero-order valence-corrected chi connectivity index (χ0v) is 24.2. The summed E-state index contributed by atoms with van der Waals surface area (Å²) in [4.78, 5) is 48.4. The van der Waals surface area contributed by atoms with E-state index in [1.54, 1.807) is 14.7 Å². The minimum absolute atomic E-state index is 0.152. The van der Waals surface area contributed by atoms with Crippen molar-refractivity contribution in [3.05, 3.63) is 96.1 Å². The van der Waals surface area contributed by atoms with Gasteiger partial charge >= 0.3 is 0 Å². The zero-order valence-electron chi connectivity index (χ0n) is 24.2. The second-order valence-electron chi connectivity index (χ2n) is 12.3. The molecule has 0 bridgehead atoms. The van der Waals surface area contributed by atoms with Crippen LogP contribution >= 0.6 is 0 Å². The third-order valence-corrected chi connectivity index (χ3v) is 9.04. The van der Waals surface area contributed by atoms with Gasteiger partial charge in [-0.25, -0.2) is 0 Å². The van der Waals surface area contributed by atoms with E-state index in [-0.39, 0.29) is 30.2 Å². The molecule has 220 valence electrons. The summed E-state index contributed by atoms with van der Waals surface area (Å²) in [6.07, 6.45) is 7.48. The highest BCUT2D eigenvalue weighted by Crippen LogP contribution is 2.54. The van der Waals surface area contributed by atoms with Crippen LogP contribution in [-0.2, 0) is 32.2 Å². The van der Waals surface area contributed by atoms with Gasteiger partial charge in [0.15, 0.2) is 0 Å². The number of hydrogen-bond acceptors (Lipinski definition) is 5. The smallest absolute Gasteiger partial charge is 0.249 e. The zero-order chi connectivity index (χ0) is 29.4. The Morgan fingerprint density at radius 1 is 0.857 bits per heavy atom. The minimum Gasteiger partial charge on any atom is -0.394 e. The van der Waals surface area contributed by atoms with E-state index < -0.39 is 35.6 Å². The fourth-order valence-corrected chi connectivity index (χ4v) is 7.28. The van der Waals surface area contributed by atoms with Gasteiger partial charge in [-0.15, -0.1) is 0 Å². The Bertz CT molecular complexity index is 1380. The molecule has 0 saturated carbocycles. The van der Waals surface area contributed by atoms with E-state index in [1.807, 2.05) is 98.8 Å². The molecule has 4 aliphatic heterocycles. The molecule has 1 spiro atoms. The summed E-state index contributed by atoms with van der Waals surface area (Å²) in [6, 6.07) is 18.0. The maximum absolute atomic E-state index is 14.6. The standard InChI is InChI=1S/C34H39N3O5/c1-23(2)19-26(22-38)37-30-33(41)36(21-25-13-7-4-8-14-25)18-10-16-34(30)29(32(37)40)28-27(42-34)15-9-17-35(31(28)39)20-24-11-5-3-6-12-24/h3-16,23,26-30,38H,17-22H2,1-2H3/t26-,27+,28-,29+,30?,34+/m1/s1. The second kappa shape index (κ2) is 11.5. The molecule has 2 saturated heterocycles. The first-order valence-electron chi connectivity index (χ1n) is 14.9. The van der Waals surface area contributed by atoms with E-state index in [4.69, 9.17) is 4.74 Å². The van der Waals surface area contributed by atoms with Crippen LogP contribution in [0.1, 0.15) is 31.4 Å². The Morgan fingerprint density at radius 3 is 2.05 bits per heavy atom. The summed E-state index contributed by atoms with van der Waals surface area (Å²) in [5, 5.41) is 10.5. The van der Waals surface area contributed by atoms with Crippen molar-refractivity contribution in [1.29, 1.82) is 0 Å². The number of carbonyl (C=O) groups is 3. The molecule has 4 aliphatic rings. The number of carbonyl (C=O) groups excluding carboxylic acids is 3. The molecule has 2 aromatic carbocycles. The van der Waals surface area contributed by atoms with Crippen molar-refractivity contribution < 1.29 is 24.2 Å². The number of ether oxygens (including phenoxy) is 1. The number of aliphatic hydroxyl groups excluding tert-OH is 1. The predicted octanol–water partition coefficient (Wildman–Crippen LogP) is 3.17. The van der Waals surface area contributed by atoms with Gasteiger partial charge in [0.25, 0.3) is 0 Å². The maximum Gasteiger partial charge on any atom is 0.249 e. The summed E-state index contributed by atoms with van der Waals surface area (Å²) in [5.74, 6) is -2.14. The number of amides is 3. The molecule has 0 aliphatic carbocycles. The molecule has 8 heteroatoms. The van der Waals surface area contributed by atoms with Crippen LogP contribution in [-0.4, -0.2) is 81.0 Å². The van der Waals surface area contributed by atoms with Gasteiger partial charge in [-0.1, -0.05) is 98.8 Å². The molecule has 1 N–H and O–H groups in total. The van der Waals surface area contributed by atoms with E-state index in [0.717, 1.165) is 11.1 Å². The van der Waals surface area contributed by atoms with Crippen molar-refractivity contribution in [2.45, 2.75) is 57.1 Å². The van der Waals surface area contributed by atoms with Crippen molar-refractivity contribution >= 4 is 17.7 Å². The first kappa shape index (κ1) is 28.4. The Balaban J connectivity index is 1.40. The van der Waals surface area contributed by atoms with E-state index >= 15 is 0 Å². The third kappa shape index (κ3) is 4.86. The normalized spacial score (nSPS) is 29.4. The molecule has 6 rings (SSSR count). The van der Waals surface area contributed by atoms with Crippen LogP contribution in [0.4, 0.5) is 0 Å². The average molecular weight is 570 g/mol. The number of rotatable bonds is 8. The second-order valence-corrected chi connectivity index (χ2v) is 12.3. The lowest BCUT2D eigenvalue weighted by molar-refractivity contribution is -0.152. The van der Waals surface area contributed by atoms with Gasteiger partial charge < -0.3 is 24.5 Å². The molecular weight excluding hydrogens is 530 g/mol. The average Bonchev–Trinajstić information content (AvgIpc) is 3.32. The Hall–Kier alpha value is -3.75. The van der Waals surface area contributed by atoms with Gasteiger partial charge in [0.05, 0.1) is 30.6 Å². The van der Waals surface area contributed by atoms with Crippen LogP contribution in [0, 0.1) is 17.8 Å². The SMILES string of the molecule is CC(C)C[C@H](CO)N1C(=O)[C@@H]2[C@@H]3C(=O)N(Cc4ccccc4)CC=C[C@@H]3O[C@@]23C=CCN(Cc2ccccc2)C(=O)C13. The highest BCUT2D eigenvalue weighted by Gasteiger charge is 2.72. The van der Waals surface area contributed by atoms with Crippen molar-refractivity contribution in [1.82, 2.24) is 14.7 Å². The number of aliphatic hydroxyl groups is 1. The highest BCUT2D eigenvalue weighted by molar-refractivity contribution is 6.00. The lowest BCUT2D eigenvalue weighted by Gasteiger charge is -2.39. The molecule has 6 atom stereocenters. The molecule has 4 heterocycles. The van der Waals surface area contributed by atoms with E-state index in [2.05, 4.69) is 0 Å². The van der Waals surface area contributed by atoms with Gasteiger partial charge in [0.2, 0.25) is 17.7 Å². The van der Waals surface area contributed by atoms with Crippen molar-refractivity contribution in [2.24, 2.45) is 17.8 Å². The minimum atomic E-state index is -1.31. The van der Waals surface area contributed by atoms with Crippen molar-refractivity contribution in [3.63, 3.8) is 0 Å². The van der Waals surface area contributed by atoms with Gasteiger partial charge in [-0.2, -0.15) is 0 Å². The molecule has 2 fully saturated rings. The number of likely N-dealkylation sites (tertiary alicyclic amines) is 1. The van der Waals surface area contributed by atoms with Crippen LogP contribution in [0.2, 0.25) is 0 Å². The number of hydrogen-bond donors (Lipinski definition) is 1. The molecule has 0 aromatic heterocycles. The number of nitrogens with zero attached hydrogens (tertiary/aromatic N) is 3. The topological polar surface area (TPSA) is 90.4 Å². The molecule has 0 radical (unpaired) electrons. The summed E-state index contributed by atoms with van der Waals surface area (Å²) >= 11 is 0. The van der Waals surface area contributed by atoms with Gasteiger partial charge in [-0.05, 0) is 23.5 Å². The van der Waals surface area contributed by atoms with Crippen LogP contribution in [0.15, 0.2) is 85.0 Å². The monoisotopic (exact) mass is 569 g/mol. The molecule has 1 unspecified atom stereocenters. The Labute approximate surface area is 247 Å². The quantitative estimate of drug-likeness (QED) is 0.494. The van der Waals surface area contributed by atoms with E-state index in [9.17, 15) is 19.5 Å². The lowest BCUT2D eigenvalue weighted by Crippen LogP contribution is -2.58. The van der Waals surface area contributed by atoms with Gasteiger partial charge in [0, 0.05) is 26.2 Å². The van der Waals surface area contributed by atoms with Gasteiger partial charge in [0.1, 0.15) is 11.6 Å². The van der Waals surface area contributed by atoms with E-state index in [0.29, 0.717) is 32.6 Å². The molecule has 42 heavy (non-hydrogen) atoms. The van der Waals surface area contributed by atoms with Crippen LogP contribution in [0.3, 0.4) is 0 Å². The van der Waals surface area contributed by atoms with Crippen LogP contribution in [0.5, 0.6) is 0 Å². The Kier molecular flexibility index (Phi) is 7.77. The lowest BCUT2D eigenvalue weighted by atomic mass is 9.77. The summed E-state index contributed by atoms with van der Waals surface area (Å²) in [6.45, 7) is 5.36. The molecule has 8 nitrogen and oxygen atoms in total. The highest BCUT2D eigenvalue weighted by atomic mass is 16.5. The number of benzene rings is 2. The summed E-state index contributed by atoms with van der Waals surface area (Å²) < 4.78 is 6.77. The predicted molar refractivity (Wildman–Crippen MR) is 158 cm³/mol. The molecule has 3 amide bonds. The van der Waals surface area contributed by atoms with Crippen molar-refractivity contribution in [2.75, 3.05) is 19.7 Å². The van der Waals surface area contributed by atoms with E-state index in [1.165, 1.54) is 0 Å². The summed E-state index contributed by atoms with van der Waals surface area (Å²) in [5.41, 5.74) is 0.673. The fourth-order valence-electron chi connectivity index (χ4n) is 7.28. The van der Waals surface area contributed by atoms with Crippen molar-refractivity contribution in [3.8, 4) is 0 Å². The largest absolute Gasteiger partial charge is 0.394 e. The van der Waals surface area contributed by atoms with Crippen LogP contribution < -0.4 is 0 Å². The van der Waals surface area contributed by atoms with Gasteiger partial charge in [-0.3, -0.25) is 14.4 Å². The third-order valence-electron chi connectivity index (χ3n) is 9.04.